The third-order valence-electron chi connectivity index (χ3n) is 4.51. The Morgan fingerprint density at radius 1 is 1.12 bits per heavy atom. The topological polar surface area (TPSA) is 30.9 Å². The number of benzene rings is 2. The maximum absolute atomic E-state index is 5.48. The predicted octanol–water partition coefficient (Wildman–Crippen LogP) is 3.72. The van der Waals surface area contributed by atoms with Gasteiger partial charge in [0.15, 0.2) is 5.11 Å². The number of anilines is 1. The van der Waals surface area contributed by atoms with Gasteiger partial charge in [0, 0.05) is 33.3 Å². The van der Waals surface area contributed by atoms with Crippen molar-refractivity contribution in [2.24, 2.45) is 5.10 Å². The molecule has 0 fully saturated rings. The van der Waals surface area contributed by atoms with Gasteiger partial charge >= 0.3 is 0 Å². The van der Waals surface area contributed by atoms with Crippen LogP contribution in [-0.4, -0.2) is 37.0 Å². The molecule has 130 valence electrons. The van der Waals surface area contributed by atoms with Crippen LogP contribution < -0.4 is 10.2 Å². The maximum Gasteiger partial charge on any atom is 0.189 e. The summed E-state index contributed by atoms with van der Waals surface area (Å²) >= 11 is 5.48. The molecular formula is C20H24N4S. The number of nitrogens with zero attached hydrogens (tertiary/aromatic N) is 3. The first-order valence-corrected chi connectivity index (χ1v) is 8.83. The molecule has 3 rings (SSSR count). The average Bonchev–Trinajstić information content (AvgIpc) is 3.07. The van der Waals surface area contributed by atoms with Crippen molar-refractivity contribution in [3.63, 3.8) is 0 Å². The van der Waals surface area contributed by atoms with E-state index in [9.17, 15) is 0 Å². The van der Waals surface area contributed by atoms with E-state index in [1.54, 1.807) is 0 Å². The molecule has 1 aliphatic heterocycles. The second-order valence-corrected chi connectivity index (χ2v) is 6.91. The Kier molecular flexibility index (Phi) is 5.04. The zero-order valence-corrected chi connectivity index (χ0v) is 16.0. The highest BCUT2D eigenvalue weighted by atomic mass is 32.1. The van der Waals surface area contributed by atoms with E-state index in [0.717, 1.165) is 17.7 Å². The van der Waals surface area contributed by atoms with E-state index in [4.69, 9.17) is 17.3 Å². The van der Waals surface area contributed by atoms with E-state index >= 15 is 0 Å². The molecule has 2 aromatic rings. The van der Waals surface area contributed by atoms with Gasteiger partial charge in [0.1, 0.15) is 0 Å². The minimum absolute atomic E-state index is 0.118. The number of thiocarbonyl (C=S) groups is 1. The van der Waals surface area contributed by atoms with Gasteiger partial charge in [-0.15, -0.1) is 0 Å². The van der Waals surface area contributed by atoms with Crippen LogP contribution in [-0.2, 0) is 0 Å². The molecule has 1 N–H and O–H groups in total. The summed E-state index contributed by atoms with van der Waals surface area (Å²) in [5.74, 6) is 0. The zero-order chi connectivity index (χ0) is 18.0. The monoisotopic (exact) mass is 352 g/mol. The van der Waals surface area contributed by atoms with Gasteiger partial charge in [-0.05, 0) is 42.4 Å². The van der Waals surface area contributed by atoms with Crippen molar-refractivity contribution >= 4 is 28.7 Å². The van der Waals surface area contributed by atoms with Crippen LogP contribution >= 0.6 is 12.2 Å². The minimum atomic E-state index is 0.118. The largest absolute Gasteiger partial charge is 0.378 e. The molecule has 0 saturated carbocycles. The second kappa shape index (κ2) is 7.23. The molecule has 0 bridgehead atoms. The van der Waals surface area contributed by atoms with Gasteiger partial charge in [0.2, 0.25) is 0 Å². The van der Waals surface area contributed by atoms with Crippen LogP contribution in [0.2, 0.25) is 0 Å². The summed E-state index contributed by atoms with van der Waals surface area (Å²) in [6.07, 6.45) is 0.839. The van der Waals surface area contributed by atoms with E-state index in [1.165, 1.54) is 16.8 Å². The van der Waals surface area contributed by atoms with Crippen molar-refractivity contribution in [3.05, 3.63) is 65.2 Å². The molecule has 0 aromatic heterocycles. The standard InChI is InChI=1S/C20H24N4S/c1-14-5-7-15(8-6-14)18-13-19(24(22-18)20(25)21-2)16-9-11-17(12-10-16)23(3)4/h5-12,19H,13H2,1-4H3,(H,21,25)/t19-/m0/s1. The molecule has 2 aromatic carbocycles. The first-order valence-electron chi connectivity index (χ1n) is 8.42. The molecule has 0 amide bonds. The summed E-state index contributed by atoms with van der Waals surface area (Å²) in [6.45, 7) is 2.10. The average molecular weight is 353 g/mol. The fourth-order valence-electron chi connectivity index (χ4n) is 2.99. The number of hydrogen-bond donors (Lipinski definition) is 1. The van der Waals surface area contributed by atoms with Crippen LogP contribution in [0.1, 0.15) is 29.2 Å². The Morgan fingerprint density at radius 2 is 1.76 bits per heavy atom. The van der Waals surface area contributed by atoms with Gasteiger partial charge in [-0.1, -0.05) is 42.0 Å². The maximum atomic E-state index is 5.48. The number of nitrogens with one attached hydrogen (secondary N) is 1. The highest BCUT2D eigenvalue weighted by molar-refractivity contribution is 7.80. The minimum Gasteiger partial charge on any atom is -0.378 e. The Morgan fingerprint density at radius 3 is 2.32 bits per heavy atom. The highest BCUT2D eigenvalue weighted by Gasteiger charge is 2.31. The quantitative estimate of drug-likeness (QED) is 0.853. The van der Waals surface area contributed by atoms with Crippen molar-refractivity contribution in [1.82, 2.24) is 10.3 Å². The van der Waals surface area contributed by atoms with Crippen LogP contribution in [0, 0.1) is 6.92 Å². The summed E-state index contributed by atoms with van der Waals surface area (Å²) in [5, 5.41) is 10.4. The number of rotatable bonds is 3. The van der Waals surface area contributed by atoms with Gasteiger partial charge in [0.05, 0.1) is 11.8 Å². The molecule has 0 unspecified atom stereocenters. The van der Waals surface area contributed by atoms with Crippen LogP contribution in [0.5, 0.6) is 0 Å². The molecule has 1 heterocycles. The Labute approximate surface area is 155 Å². The lowest BCUT2D eigenvalue weighted by Crippen LogP contribution is -2.34. The van der Waals surface area contributed by atoms with E-state index < -0.39 is 0 Å². The molecule has 1 atom stereocenters. The van der Waals surface area contributed by atoms with Gasteiger partial charge in [0.25, 0.3) is 0 Å². The second-order valence-electron chi connectivity index (χ2n) is 6.52. The van der Waals surface area contributed by atoms with Gasteiger partial charge in [-0.2, -0.15) is 5.10 Å². The summed E-state index contributed by atoms with van der Waals surface area (Å²) in [7, 11) is 5.94. The molecule has 0 radical (unpaired) electrons. The van der Waals surface area contributed by atoms with Crippen LogP contribution in [0.15, 0.2) is 53.6 Å². The van der Waals surface area contributed by atoms with Crippen molar-refractivity contribution in [2.75, 3.05) is 26.0 Å². The molecule has 25 heavy (non-hydrogen) atoms. The van der Waals surface area contributed by atoms with Gasteiger partial charge < -0.3 is 10.2 Å². The summed E-state index contributed by atoms with van der Waals surface area (Å²) in [6, 6.07) is 17.2. The van der Waals surface area contributed by atoms with E-state index in [0.29, 0.717) is 5.11 Å². The highest BCUT2D eigenvalue weighted by Crippen LogP contribution is 2.33. The predicted molar refractivity (Wildman–Crippen MR) is 109 cm³/mol. The fraction of sp³-hybridized carbons (Fsp3) is 0.300. The summed E-state index contributed by atoms with van der Waals surface area (Å²) in [4.78, 5) is 2.10. The molecule has 0 spiro atoms. The van der Waals surface area contributed by atoms with Crippen molar-refractivity contribution in [2.45, 2.75) is 19.4 Å². The summed E-state index contributed by atoms with van der Waals surface area (Å²) < 4.78 is 0. The van der Waals surface area contributed by atoms with Crippen molar-refractivity contribution in [1.29, 1.82) is 0 Å². The zero-order valence-electron chi connectivity index (χ0n) is 15.2. The van der Waals surface area contributed by atoms with Crippen LogP contribution in [0.3, 0.4) is 0 Å². The Hall–Kier alpha value is -2.40. The number of aryl methyl sites for hydroxylation is 1. The third kappa shape index (κ3) is 3.66. The lowest BCUT2D eigenvalue weighted by atomic mass is 9.98. The lowest BCUT2D eigenvalue weighted by molar-refractivity contribution is 0.367. The smallest absolute Gasteiger partial charge is 0.189 e. The van der Waals surface area contributed by atoms with Crippen LogP contribution in [0.25, 0.3) is 0 Å². The molecule has 4 nitrogen and oxygen atoms in total. The van der Waals surface area contributed by atoms with E-state index in [1.807, 2.05) is 26.2 Å². The van der Waals surface area contributed by atoms with E-state index in [-0.39, 0.29) is 6.04 Å². The molecule has 0 saturated heterocycles. The SMILES string of the molecule is CNC(=S)N1N=C(c2ccc(C)cc2)C[C@H]1c1ccc(N(C)C)cc1. The Balaban J connectivity index is 1.91. The third-order valence-corrected chi connectivity index (χ3v) is 4.90. The molecule has 0 aliphatic carbocycles. The van der Waals surface area contributed by atoms with Gasteiger partial charge in [-0.3, -0.25) is 0 Å². The fourth-order valence-corrected chi connectivity index (χ4v) is 3.15. The molecular weight excluding hydrogens is 328 g/mol. The van der Waals surface area contributed by atoms with Gasteiger partial charge in [-0.25, -0.2) is 5.01 Å². The first kappa shape index (κ1) is 17.4. The molecule has 1 aliphatic rings. The van der Waals surface area contributed by atoms with E-state index in [2.05, 4.69) is 65.7 Å². The number of hydrazone groups is 1. The van der Waals surface area contributed by atoms with Crippen molar-refractivity contribution in [3.8, 4) is 0 Å². The Bertz CT molecular complexity index is 778. The molecule has 5 heteroatoms. The summed E-state index contributed by atoms with van der Waals surface area (Å²) in [5.41, 5.74) is 5.88. The first-order chi connectivity index (χ1) is 12.0. The number of hydrogen-bond acceptors (Lipinski definition) is 3. The lowest BCUT2D eigenvalue weighted by Gasteiger charge is -2.24. The van der Waals surface area contributed by atoms with Crippen molar-refractivity contribution < 1.29 is 0 Å². The normalized spacial score (nSPS) is 16.6. The van der Waals surface area contributed by atoms with Crippen LogP contribution in [0.4, 0.5) is 5.69 Å².